The quantitative estimate of drug-likeness (QED) is 0.507. The average molecular weight is 330 g/mol. The number of carbonyl (C=O) groups is 1. The molecule has 22 heavy (non-hydrogen) atoms. The number of nitrogens with one attached hydrogen (secondary N) is 2. The Morgan fingerprint density at radius 2 is 2.05 bits per heavy atom. The third kappa shape index (κ3) is 4.97. The minimum absolute atomic E-state index is 0.0724. The van der Waals surface area contributed by atoms with Gasteiger partial charge in [0.05, 0.1) is 10.5 Å². The number of carboxylic acid groups (broad SMARTS) is 1. The first kappa shape index (κ1) is 18.4. The van der Waals surface area contributed by atoms with Crippen LogP contribution in [-0.4, -0.2) is 43.8 Å². The number of aliphatic hydroxyl groups excluding tert-OH is 1. The number of aliphatic hydroxyl groups is 1. The van der Waals surface area contributed by atoms with Crippen molar-refractivity contribution in [1.29, 1.82) is 0 Å². The van der Waals surface area contributed by atoms with Crippen LogP contribution in [0.4, 0.5) is 5.69 Å². The van der Waals surface area contributed by atoms with Crippen molar-refractivity contribution in [3.8, 4) is 0 Å². The van der Waals surface area contributed by atoms with Gasteiger partial charge >= 0.3 is 5.97 Å². The van der Waals surface area contributed by atoms with Gasteiger partial charge in [-0.1, -0.05) is 6.92 Å². The Kier molecular flexibility index (Phi) is 6.79. The van der Waals surface area contributed by atoms with Crippen molar-refractivity contribution in [2.24, 2.45) is 0 Å². The number of benzene rings is 1. The van der Waals surface area contributed by atoms with E-state index in [1.165, 1.54) is 12.1 Å². The fourth-order valence-electron chi connectivity index (χ4n) is 1.73. The molecular weight excluding hydrogens is 308 g/mol. The molecule has 8 heteroatoms. The Morgan fingerprint density at radius 1 is 1.36 bits per heavy atom. The number of aromatic carboxylic acids is 1. The topological polar surface area (TPSA) is 116 Å². The highest BCUT2D eigenvalue weighted by molar-refractivity contribution is 7.89. The summed E-state index contributed by atoms with van der Waals surface area (Å²) in [6, 6.07) is 4.02. The minimum Gasteiger partial charge on any atom is -0.478 e. The summed E-state index contributed by atoms with van der Waals surface area (Å²) in [6.45, 7) is 3.84. The molecule has 0 bridgehead atoms. The van der Waals surface area contributed by atoms with Gasteiger partial charge in [-0.2, -0.15) is 0 Å². The van der Waals surface area contributed by atoms with Crippen molar-refractivity contribution in [3.63, 3.8) is 0 Å². The molecule has 0 amide bonds. The first-order chi connectivity index (χ1) is 10.3. The lowest BCUT2D eigenvalue weighted by Crippen LogP contribution is -2.26. The maximum atomic E-state index is 12.1. The first-order valence-corrected chi connectivity index (χ1v) is 8.54. The van der Waals surface area contributed by atoms with Gasteiger partial charge in [-0.15, -0.1) is 0 Å². The molecule has 0 aromatic heterocycles. The second-order valence-corrected chi connectivity index (χ2v) is 6.71. The van der Waals surface area contributed by atoms with Gasteiger partial charge < -0.3 is 15.5 Å². The number of carboxylic acids is 1. The van der Waals surface area contributed by atoms with Crippen molar-refractivity contribution in [2.45, 2.75) is 37.6 Å². The minimum atomic E-state index is -3.79. The van der Waals surface area contributed by atoms with Gasteiger partial charge in [-0.05, 0) is 38.0 Å². The smallest absolute Gasteiger partial charge is 0.337 e. The largest absolute Gasteiger partial charge is 0.478 e. The summed E-state index contributed by atoms with van der Waals surface area (Å²) >= 11 is 0. The van der Waals surface area contributed by atoms with Crippen molar-refractivity contribution >= 4 is 21.7 Å². The zero-order chi connectivity index (χ0) is 16.8. The van der Waals surface area contributed by atoms with E-state index in [4.69, 9.17) is 5.11 Å². The molecule has 124 valence electrons. The van der Waals surface area contributed by atoms with E-state index in [-0.39, 0.29) is 29.7 Å². The van der Waals surface area contributed by atoms with Gasteiger partial charge in [0.1, 0.15) is 0 Å². The molecule has 0 spiro atoms. The van der Waals surface area contributed by atoms with Crippen LogP contribution in [0.5, 0.6) is 0 Å². The van der Waals surface area contributed by atoms with Crippen molar-refractivity contribution in [1.82, 2.24) is 4.72 Å². The van der Waals surface area contributed by atoms with E-state index in [2.05, 4.69) is 10.0 Å². The Hall–Kier alpha value is -1.64. The number of hydrogen-bond acceptors (Lipinski definition) is 5. The predicted molar refractivity (Wildman–Crippen MR) is 83.7 cm³/mol. The van der Waals surface area contributed by atoms with Crippen molar-refractivity contribution in [3.05, 3.63) is 23.8 Å². The lowest BCUT2D eigenvalue weighted by molar-refractivity contribution is 0.0697. The zero-order valence-electron chi connectivity index (χ0n) is 12.7. The lowest BCUT2D eigenvalue weighted by atomic mass is 10.1. The van der Waals surface area contributed by atoms with Crippen LogP contribution in [0.15, 0.2) is 23.1 Å². The Morgan fingerprint density at radius 3 is 2.59 bits per heavy atom. The molecule has 0 saturated heterocycles. The molecule has 1 rings (SSSR count). The van der Waals surface area contributed by atoms with Gasteiger partial charge in [0.15, 0.2) is 0 Å². The van der Waals surface area contributed by atoms with Crippen LogP contribution in [0.3, 0.4) is 0 Å². The summed E-state index contributed by atoms with van der Waals surface area (Å²) in [6.07, 6.45) is 1.10. The van der Waals surface area contributed by atoms with Crippen molar-refractivity contribution in [2.75, 3.05) is 18.5 Å². The molecule has 0 radical (unpaired) electrons. The molecule has 0 aliphatic rings. The Bertz CT molecular complexity index is 616. The third-order valence-electron chi connectivity index (χ3n) is 3.17. The second-order valence-electron chi connectivity index (χ2n) is 4.94. The molecule has 1 atom stereocenters. The molecular formula is C14H22N2O5S. The Balaban J connectivity index is 3.09. The molecule has 0 aliphatic carbocycles. The van der Waals surface area contributed by atoms with Crippen LogP contribution in [0.1, 0.15) is 37.0 Å². The Labute approximate surface area is 130 Å². The number of rotatable bonds is 9. The summed E-state index contributed by atoms with van der Waals surface area (Å²) in [5, 5.41) is 21.0. The van der Waals surface area contributed by atoms with E-state index < -0.39 is 16.0 Å². The zero-order valence-corrected chi connectivity index (χ0v) is 13.5. The van der Waals surface area contributed by atoms with E-state index >= 15 is 0 Å². The van der Waals surface area contributed by atoms with Crippen molar-refractivity contribution < 1.29 is 23.4 Å². The highest BCUT2D eigenvalue weighted by Crippen LogP contribution is 2.22. The van der Waals surface area contributed by atoms with Gasteiger partial charge in [-0.25, -0.2) is 17.9 Å². The maximum Gasteiger partial charge on any atom is 0.337 e. The molecule has 4 N–H and O–H groups in total. The number of hydrogen-bond donors (Lipinski definition) is 4. The van der Waals surface area contributed by atoms with E-state index in [1.807, 2.05) is 13.8 Å². The highest BCUT2D eigenvalue weighted by Gasteiger charge is 2.19. The fraction of sp³-hybridized carbons (Fsp3) is 0.500. The molecule has 7 nitrogen and oxygen atoms in total. The SMILES string of the molecule is CCC(C)Nc1ccc(S(=O)(=O)NCCCO)cc1C(=O)O. The standard InChI is InChI=1S/C14H22N2O5S/c1-3-10(2)16-13-6-5-11(9-12(13)14(18)19)22(20,21)15-7-4-8-17/h5-6,9-10,15-17H,3-4,7-8H2,1-2H3,(H,18,19). The summed E-state index contributed by atoms with van der Waals surface area (Å²) < 4.78 is 26.4. The van der Waals surface area contributed by atoms with Crippen LogP contribution in [0, 0.1) is 0 Å². The molecule has 1 unspecified atom stereocenters. The van der Waals surface area contributed by atoms with E-state index in [0.29, 0.717) is 12.1 Å². The molecule has 0 saturated carbocycles. The monoisotopic (exact) mass is 330 g/mol. The van der Waals surface area contributed by atoms with Gasteiger partial charge in [0.25, 0.3) is 0 Å². The summed E-state index contributed by atoms with van der Waals surface area (Å²) in [5.41, 5.74) is 0.293. The third-order valence-corrected chi connectivity index (χ3v) is 4.63. The molecule has 0 fully saturated rings. The van der Waals surface area contributed by atoms with Crippen LogP contribution in [0.25, 0.3) is 0 Å². The summed E-state index contributed by atoms with van der Waals surface area (Å²) in [7, 11) is -3.79. The average Bonchev–Trinajstić information content (AvgIpc) is 2.47. The second kappa shape index (κ2) is 8.11. The van der Waals surface area contributed by atoms with Gasteiger partial charge in [0.2, 0.25) is 10.0 Å². The van der Waals surface area contributed by atoms with Gasteiger partial charge in [-0.3, -0.25) is 0 Å². The van der Waals surface area contributed by atoms with Crippen LogP contribution in [-0.2, 0) is 10.0 Å². The molecule has 1 aromatic rings. The van der Waals surface area contributed by atoms with Crippen LogP contribution >= 0.6 is 0 Å². The predicted octanol–water partition coefficient (Wildman–Crippen LogP) is 1.26. The summed E-state index contributed by atoms with van der Waals surface area (Å²) in [5.74, 6) is -1.20. The molecule has 0 aliphatic heterocycles. The lowest BCUT2D eigenvalue weighted by Gasteiger charge is -2.16. The molecule has 0 heterocycles. The van der Waals surface area contributed by atoms with E-state index in [1.54, 1.807) is 0 Å². The number of sulfonamides is 1. The maximum absolute atomic E-state index is 12.1. The van der Waals surface area contributed by atoms with E-state index in [9.17, 15) is 18.3 Å². The first-order valence-electron chi connectivity index (χ1n) is 7.06. The van der Waals surface area contributed by atoms with Crippen LogP contribution < -0.4 is 10.0 Å². The normalized spacial score (nSPS) is 12.9. The van der Waals surface area contributed by atoms with Gasteiger partial charge in [0, 0.05) is 24.9 Å². The molecule has 1 aromatic carbocycles. The highest BCUT2D eigenvalue weighted by atomic mass is 32.2. The number of anilines is 1. The fourth-order valence-corrected chi connectivity index (χ4v) is 2.83. The van der Waals surface area contributed by atoms with E-state index in [0.717, 1.165) is 12.5 Å². The van der Waals surface area contributed by atoms with Crippen LogP contribution in [0.2, 0.25) is 0 Å². The summed E-state index contributed by atoms with van der Waals surface area (Å²) in [4.78, 5) is 11.2.